The zero-order valence-corrected chi connectivity index (χ0v) is 22.8. The Hall–Kier alpha value is -2.94. The summed E-state index contributed by atoms with van der Waals surface area (Å²) in [5.74, 6) is 0.416. The molecule has 3 aromatic carbocycles. The van der Waals surface area contributed by atoms with Crippen LogP contribution in [-0.4, -0.2) is 36.2 Å². The van der Waals surface area contributed by atoms with Crippen LogP contribution in [0.15, 0.2) is 81.6 Å². The van der Waals surface area contributed by atoms with Crippen molar-refractivity contribution in [2.24, 2.45) is 5.14 Å². The van der Waals surface area contributed by atoms with Crippen LogP contribution in [0.1, 0.15) is 6.92 Å². The van der Waals surface area contributed by atoms with Crippen LogP contribution in [0.5, 0.6) is 5.75 Å². The number of ether oxygens (including phenoxy) is 1. The summed E-state index contributed by atoms with van der Waals surface area (Å²) in [4.78, 5) is 30.6. The number of fused-ring (bicyclic) bond motifs is 1. The summed E-state index contributed by atoms with van der Waals surface area (Å²) in [6, 6.07) is 17.9. The minimum atomic E-state index is -3.89. The van der Waals surface area contributed by atoms with E-state index in [1.165, 1.54) is 28.8 Å². The number of anilines is 1. The molecule has 9 nitrogen and oxygen atoms in total. The molecule has 12 heteroatoms. The molecule has 0 unspecified atom stereocenters. The fourth-order valence-electron chi connectivity index (χ4n) is 3.38. The number of sulfonamides is 1. The third kappa shape index (κ3) is 6.06. The van der Waals surface area contributed by atoms with Gasteiger partial charge in [-0.3, -0.25) is 14.2 Å². The number of aromatic nitrogens is 2. The number of nitrogens with one attached hydrogen (secondary N) is 1. The quantitative estimate of drug-likeness (QED) is 0.171. The first-order valence-corrected chi connectivity index (χ1v) is 14.3. The number of amides is 1. The molecule has 36 heavy (non-hydrogen) atoms. The van der Waals surface area contributed by atoms with Crippen LogP contribution >= 0.6 is 34.4 Å². The lowest BCUT2D eigenvalue weighted by molar-refractivity contribution is -0.113. The Morgan fingerprint density at radius 3 is 2.44 bits per heavy atom. The average molecular weight is 636 g/mol. The van der Waals surface area contributed by atoms with Gasteiger partial charge in [-0.25, -0.2) is 18.5 Å². The molecule has 186 valence electrons. The number of carbonyl (C=O) groups is 1. The van der Waals surface area contributed by atoms with Crippen LogP contribution in [0, 0.1) is 3.57 Å². The minimum Gasteiger partial charge on any atom is -0.494 e. The molecule has 0 spiro atoms. The minimum absolute atomic E-state index is 0.00914. The number of hydrogen-bond donors (Lipinski definition) is 2. The Bertz CT molecular complexity index is 1590. The van der Waals surface area contributed by atoms with Crippen molar-refractivity contribution in [3.8, 4) is 11.4 Å². The van der Waals surface area contributed by atoms with Gasteiger partial charge in [0.2, 0.25) is 15.9 Å². The summed E-state index contributed by atoms with van der Waals surface area (Å²) in [5, 5.41) is 8.70. The highest BCUT2D eigenvalue weighted by Gasteiger charge is 2.16. The van der Waals surface area contributed by atoms with Crippen molar-refractivity contribution in [3.05, 3.63) is 80.7 Å². The number of nitrogens with zero attached hydrogens (tertiary/aromatic N) is 2. The van der Waals surface area contributed by atoms with E-state index >= 15 is 0 Å². The summed E-state index contributed by atoms with van der Waals surface area (Å²) in [6.07, 6.45) is 0. The molecule has 3 N–H and O–H groups in total. The standard InChI is InChI=1S/C24H21IN4O5S2/c1-2-34-18-8-4-16(5-9-18)27-22(30)14-35-24-28-21-12-3-15(25)13-20(21)23(31)29(24)17-6-10-19(11-7-17)36(26,32)33/h3-13H,2,14H2,1H3,(H,27,30)(H2,26,32,33). The van der Waals surface area contributed by atoms with Crippen molar-refractivity contribution < 1.29 is 17.9 Å². The molecule has 1 aromatic heterocycles. The first-order chi connectivity index (χ1) is 17.2. The number of halogens is 1. The van der Waals surface area contributed by atoms with Crippen molar-refractivity contribution in [3.63, 3.8) is 0 Å². The predicted molar refractivity (Wildman–Crippen MR) is 148 cm³/mol. The molecule has 0 aliphatic heterocycles. The lowest BCUT2D eigenvalue weighted by Crippen LogP contribution is -2.23. The first kappa shape index (κ1) is 26.1. The van der Waals surface area contributed by atoms with Crippen molar-refractivity contribution in [1.82, 2.24) is 9.55 Å². The number of nitrogens with two attached hydrogens (primary N) is 1. The number of carbonyl (C=O) groups excluding carboxylic acids is 1. The van der Waals surface area contributed by atoms with E-state index in [0.717, 1.165) is 15.3 Å². The molecule has 0 fully saturated rings. The number of primary sulfonamides is 1. The normalized spacial score (nSPS) is 11.4. The molecule has 4 rings (SSSR count). The van der Waals surface area contributed by atoms with Crippen LogP contribution in [-0.2, 0) is 14.8 Å². The number of hydrogen-bond acceptors (Lipinski definition) is 7. The van der Waals surface area contributed by atoms with Crippen molar-refractivity contribution >= 4 is 66.9 Å². The highest BCUT2D eigenvalue weighted by Crippen LogP contribution is 2.24. The van der Waals surface area contributed by atoms with E-state index in [1.807, 2.05) is 13.0 Å². The van der Waals surface area contributed by atoms with Gasteiger partial charge in [0.25, 0.3) is 5.56 Å². The molecule has 0 bridgehead atoms. The Morgan fingerprint density at radius 2 is 1.81 bits per heavy atom. The number of thioether (sulfide) groups is 1. The molecule has 0 atom stereocenters. The molecule has 0 aliphatic carbocycles. The molecule has 1 amide bonds. The third-order valence-electron chi connectivity index (χ3n) is 5.00. The largest absolute Gasteiger partial charge is 0.494 e. The second-order valence-electron chi connectivity index (χ2n) is 7.53. The summed E-state index contributed by atoms with van der Waals surface area (Å²) >= 11 is 3.21. The molecule has 0 saturated carbocycles. The Kier molecular flexibility index (Phi) is 7.97. The average Bonchev–Trinajstić information content (AvgIpc) is 2.84. The highest BCUT2D eigenvalue weighted by molar-refractivity contribution is 14.1. The van der Waals surface area contributed by atoms with E-state index in [2.05, 4.69) is 32.9 Å². The van der Waals surface area contributed by atoms with Crippen LogP contribution in [0.3, 0.4) is 0 Å². The summed E-state index contributed by atoms with van der Waals surface area (Å²) in [6.45, 7) is 2.44. The van der Waals surface area contributed by atoms with Gasteiger partial charge in [0.05, 0.1) is 33.8 Å². The van der Waals surface area contributed by atoms with E-state index < -0.39 is 10.0 Å². The van der Waals surface area contributed by atoms with Gasteiger partial charge in [0, 0.05) is 9.26 Å². The van der Waals surface area contributed by atoms with Crippen LogP contribution < -0.4 is 20.8 Å². The van der Waals surface area contributed by atoms with Crippen LogP contribution in [0.4, 0.5) is 5.69 Å². The molecule has 0 aliphatic rings. The smallest absolute Gasteiger partial charge is 0.266 e. The predicted octanol–water partition coefficient (Wildman–Crippen LogP) is 3.77. The van der Waals surface area contributed by atoms with Gasteiger partial charge in [0.1, 0.15) is 5.75 Å². The number of rotatable bonds is 8. The van der Waals surface area contributed by atoms with Gasteiger partial charge in [-0.1, -0.05) is 11.8 Å². The summed E-state index contributed by atoms with van der Waals surface area (Å²) in [7, 11) is -3.89. The van der Waals surface area contributed by atoms with Crippen molar-refractivity contribution in [1.29, 1.82) is 0 Å². The highest BCUT2D eigenvalue weighted by atomic mass is 127. The van der Waals surface area contributed by atoms with E-state index in [0.29, 0.717) is 39.8 Å². The first-order valence-electron chi connectivity index (χ1n) is 10.7. The lowest BCUT2D eigenvalue weighted by atomic mass is 10.2. The molecule has 0 radical (unpaired) electrons. The fraction of sp³-hybridized carbons (Fsp3) is 0.125. The second kappa shape index (κ2) is 11.0. The van der Waals surface area contributed by atoms with Crippen molar-refractivity contribution in [2.45, 2.75) is 17.0 Å². The Labute approximate surface area is 225 Å². The molecular weight excluding hydrogens is 615 g/mol. The molecule has 0 saturated heterocycles. The van der Waals surface area contributed by atoms with Crippen molar-refractivity contribution in [2.75, 3.05) is 17.7 Å². The van der Waals surface area contributed by atoms with E-state index in [1.54, 1.807) is 36.4 Å². The van der Waals surface area contributed by atoms with Gasteiger partial charge >= 0.3 is 0 Å². The maximum atomic E-state index is 13.5. The topological polar surface area (TPSA) is 133 Å². The third-order valence-corrected chi connectivity index (χ3v) is 7.54. The molecule has 4 aromatic rings. The Balaban J connectivity index is 1.65. The zero-order valence-electron chi connectivity index (χ0n) is 19.0. The fourth-order valence-corrected chi connectivity index (χ4v) is 5.19. The van der Waals surface area contributed by atoms with Gasteiger partial charge in [-0.2, -0.15) is 0 Å². The monoisotopic (exact) mass is 636 g/mol. The Morgan fingerprint density at radius 1 is 1.11 bits per heavy atom. The second-order valence-corrected chi connectivity index (χ2v) is 11.3. The maximum Gasteiger partial charge on any atom is 0.266 e. The van der Waals surface area contributed by atoms with E-state index in [9.17, 15) is 18.0 Å². The van der Waals surface area contributed by atoms with Gasteiger partial charge in [0.15, 0.2) is 5.16 Å². The molecule has 1 heterocycles. The van der Waals surface area contributed by atoms with Gasteiger partial charge in [-0.15, -0.1) is 0 Å². The molecular formula is C24H21IN4O5S2. The van der Waals surface area contributed by atoms with Gasteiger partial charge < -0.3 is 10.1 Å². The van der Waals surface area contributed by atoms with Crippen LogP contribution in [0.2, 0.25) is 0 Å². The lowest BCUT2D eigenvalue weighted by Gasteiger charge is -2.14. The summed E-state index contributed by atoms with van der Waals surface area (Å²) in [5.41, 5.74) is 1.17. The number of benzene rings is 3. The van der Waals surface area contributed by atoms with Gasteiger partial charge in [-0.05, 0) is 96.2 Å². The maximum absolute atomic E-state index is 13.5. The van der Waals surface area contributed by atoms with Crippen LogP contribution in [0.25, 0.3) is 16.6 Å². The zero-order chi connectivity index (χ0) is 25.9. The SMILES string of the molecule is CCOc1ccc(NC(=O)CSc2nc3ccc(I)cc3c(=O)n2-c2ccc(S(N)(=O)=O)cc2)cc1. The van der Waals surface area contributed by atoms with E-state index in [-0.39, 0.29) is 22.1 Å². The van der Waals surface area contributed by atoms with E-state index in [4.69, 9.17) is 9.88 Å². The summed E-state index contributed by atoms with van der Waals surface area (Å²) < 4.78 is 30.9.